The average Bonchev–Trinajstić information content (AvgIpc) is 2.87. The van der Waals surface area contributed by atoms with Crippen molar-refractivity contribution in [3.05, 3.63) is 57.3 Å². The lowest BCUT2D eigenvalue weighted by Crippen LogP contribution is -2.28. The number of H-pyrrole nitrogens is 1. The van der Waals surface area contributed by atoms with Gasteiger partial charge in [0.05, 0.1) is 10.7 Å². The molecular weight excluding hydrogens is 441 g/mol. The summed E-state index contributed by atoms with van der Waals surface area (Å²) in [5.74, 6) is -3.04. The van der Waals surface area contributed by atoms with Gasteiger partial charge in [-0.1, -0.05) is 23.7 Å². The molecule has 10 heteroatoms. The molecule has 2 aromatic heterocycles. The number of aromatic nitrogens is 2. The highest BCUT2D eigenvalue weighted by molar-refractivity contribution is 6.31. The Morgan fingerprint density at radius 2 is 1.84 bits per heavy atom. The lowest BCUT2D eigenvalue weighted by Gasteiger charge is -2.26. The molecule has 31 heavy (non-hydrogen) atoms. The van der Waals surface area contributed by atoms with Gasteiger partial charge in [-0.05, 0) is 24.6 Å². The Morgan fingerprint density at radius 1 is 1.10 bits per heavy atom. The van der Waals surface area contributed by atoms with E-state index >= 15 is 0 Å². The van der Waals surface area contributed by atoms with Crippen LogP contribution in [0.1, 0.15) is 25.0 Å². The average molecular weight is 458 g/mol. The summed E-state index contributed by atoms with van der Waals surface area (Å²) < 4.78 is 68.1. The highest BCUT2D eigenvalue weighted by Crippen LogP contribution is 2.40. The number of hydrogen-bond donors (Lipinski definition) is 1. The van der Waals surface area contributed by atoms with Crippen LogP contribution in [0.25, 0.3) is 22.2 Å². The number of aromatic amines is 1. The molecule has 0 bridgehead atoms. The molecule has 164 valence electrons. The Hall–Kier alpha value is -2.68. The number of rotatable bonds is 2. The van der Waals surface area contributed by atoms with E-state index in [9.17, 15) is 26.7 Å². The molecule has 0 aliphatic carbocycles. The van der Waals surface area contributed by atoms with Crippen LogP contribution in [-0.2, 0) is 6.18 Å². The van der Waals surface area contributed by atoms with E-state index in [0.717, 1.165) is 6.07 Å². The molecule has 0 amide bonds. The van der Waals surface area contributed by atoms with Gasteiger partial charge in [-0.25, -0.2) is 13.8 Å². The van der Waals surface area contributed by atoms with Crippen LogP contribution < -0.4 is 10.3 Å². The van der Waals surface area contributed by atoms with Gasteiger partial charge in [0.25, 0.3) is 0 Å². The van der Waals surface area contributed by atoms with Crippen molar-refractivity contribution >= 4 is 28.3 Å². The zero-order chi connectivity index (χ0) is 22.4. The quantitative estimate of drug-likeness (QED) is 0.488. The summed E-state index contributed by atoms with van der Waals surface area (Å²) in [5, 5.41) is -0.228. The van der Waals surface area contributed by atoms with Gasteiger partial charge in [0.1, 0.15) is 5.82 Å². The zero-order valence-corrected chi connectivity index (χ0v) is 16.8. The van der Waals surface area contributed by atoms with Crippen LogP contribution >= 0.6 is 11.6 Å². The minimum Gasteiger partial charge on any atom is -0.356 e. The van der Waals surface area contributed by atoms with E-state index in [1.807, 2.05) is 0 Å². The summed E-state index contributed by atoms with van der Waals surface area (Å²) in [6, 6.07) is 9.00. The first-order valence-corrected chi connectivity index (χ1v) is 9.96. The van der Waals surface area contributed by atoms with Gasteiger partial charge in [-0.2, -0.15) is 13.2 Å². The van der Waals surface area contributed by atoms with Crippen LogP contribution in [0.5, 0.6) is 0 Å². The number of halogens is 6. The minimum absolute atomic E-state index is 0.0896. The van der Waals surface area contributed by atoms with E-state index in [-0.39, 0.29) is 48.4 Å². The van der Waals surface area contributed by atoms with Gasteiger partial charge < -0.3 is 9.88 Å². The monoisotopic (exact) mass is 457 g/mol. The number of alkyl halides is 5. The van der Waals surface area contributed by atoms with Crippen molar-refractivity contribution in [2.24, 2.45) is 0 Å². The summed E-state index contributed by atoms with van der Waals surface area (Å²) in [5.41, 5.74) is -0.806. The van der Waals surface area contributed by atoms with E-state index in [1.165, 1.54) is 11.0 Å². The molecule has 3 heterocycles. The molecule has 0 spiro atoms. The van der Waals surface area contributed by atoms with E-state index in [0.29, 0.717) is 10.9 Å². The highest BCUT2D eigenvalue weighted by Gasteiger charge is 2.38. The van der Waals surface area contributed by atoms with Crippen molar-refractivity contribution in [1.82, 2.24) is 9.97 Å². The van der Waals surface area contributed by atoms with E-state index in [4.69, 9.17) is 11.6 Å². The second-order valence-electron chi connectivity index (χ2n) is 7.48. The van der Waals surface area contributed by atoms with Gasteiger partial charge >= 0.3 is 6.18 Å². The fourth-order valence-electron chi connectivity index (χ4n) is 3.73. The van der Waals surface area contributed by atoms with Crippen molar-refractivity contribution in [2.45, 2.75) is 31.4 Å². The fraction of sp³-hybridized carbons (Fsp3) is 0.333. The second kappa shape index (κ2) is 7.78. The minimum atomic E-state index is -4.82. The molecule has 4 nitrogen and oxygen atoms in total. The molecule has 3 aromatic rings. The van der Waals surface area contributed by atoms with Crippen LogP contribution in [0.4, 0.5) is 27.8 Å². The first kappa shape index (κ1) is 21.5. The van der Waals surface area contributed by atoms with Crippen molar-refractivity contribution in [2.75, 3.05) is 18.0 Å². The maximum atomic E-state index is 13.8. The van der Waals surface area contributed by atoms with Crippen LogP contribution in [-0.4, -0.2) is 29.0 Å². The number of pyridine rings is 2. The molecule has 0 unspecified atom stereocenters. The predicted octanol–water partition coefficient (Wildman–Crippen LogP) is 5.89. The number of hydrogen-bond acceptors (Lipinski definition) is 3. The SMILES string of the molecule is O=c1cc(-c2cc(Cl)c(C(F)(F)F)nc2N2CCCC(F)(F)CC2)[nH]c2ccccc12. The van der Waals surface area contributed by atoms with Gasteiger partial charge in [0.15, 0.2) is 11.1 Å². The molecule has 1 saturated heterocycles. The molecule has 1 fully saturated rings. The van der Waals surface area contributed by atoms with Crippen LogP contribution in [0.15, 0.2) is 41.2 Å². The number of fused-ring (bicyclic) bond motifs is 1. The zero-order valence-electron chi connectivity index (χ0n) is 16.1. The van der Waals surface area contributed by atoms with Gasteiger partial charge in [0, 0.05) is 48.5 Å². The fourth-order valence-corrected chi connectivity index (χ4v) is 3.99. The summed E-state index contributed by atoms with van der Waals surface area (Å²) in [6.07, 6.45) is -5.60. The maximum absolute atomic E-state index is 13.8. The van der Waals surface area contributed by atoms with Crippen LogP contribution in [0, 0.1) is 0 Å². The van der Waals surface area contributed by atoms with Crippen molar-refractivity contribution in [3.8, 4) is 11.3 Å². The molecule has 1 aliphatic heterocycles. The Morgan fingerprint density at radius 3 is 2.58 bits per heavy atom. The summed E-state index contributed by atoms with van der Waals surface area (Å²) >= 11 is 5.90. The molecule has 0 saturated carbocycles. The van der Waals surface area contributed by atoms with Crippen LogP contribution in [0.3, 0.4) is 0 Å². The highest BCUT2D eigenvalue weighted by atomic mass is 35.5. The van der Waals surface area contributed by atoms with E-state index in [2.05, 4.69) is 9.97 Å². The van der Waals surface area contributed by atoms with Gasteiger partial charge in [-0.15, -0.1) is 0 Å². The lowest BCUT2D eigenvalue weighted by atomic mass is 10.1. The van der Waals surface area contributed by atoms with Crippen molar-refractivity contribution < 1.29 is 22.0 Å². The molecule has 0 atom stereocenters. The first-order chi connectivity index (χ1) is 14.5. The summed E-state index contributed by atoms with van der Waals surface area (Å²) in [7, 11) is 0. The molecule has 1 N–H and O–H groups in total. The number of benzene rings is 1. The van der Waals surface area contributed by atoms with Crippen LogP contribution in [0.2, 0.25) is 5.02 Å². The van der Waals surface area contributed by atoms with Gasteiger partial charge in [0.2, 0.25) is 5.92 Å². The Kier molecular flexibility index (Phi) is 5.41. The number of nitrogens with zero attached hydrogens (tertiary/aromatic N) is 2. The normalized spacial score (nSPS) is 17.0. The molecule has 1 aromatic carbocycles. The van der Waals surface area contributed by atoms with Gasteiger partial charge in [-0.3, -0.25) is 4.79 Å². The number of anilines is 1. The molecule has 4 rings (SSSR count). The number of nitrogens with one attached hydrogen (secondary N) is 1. The standard InChI is InChI=1S/C21H17ClF5N3O/c22-14-10-13(16-11-17(31)12-4-1-2-5-15(12)28-16)19(29-18(14)21(25,26)27)30-8-3-6-20(23,24)7-9-30/h1-2,4-5,10-11H,3,6-9H2,(H,28,31). The first-order valence-electron chi connectivity index (χ1n) is 9.58. The molecule has 0 radical (unpaired) electrons. The smallest absolute Gasteiger partial charge is 0.356 e. The topological polar surface area (TPSA) is 49.0 Å². The summed E-state index contributed by atoms with van der Waals surface area (Å²) in [6.45, 7) is -0.0733. The van der Waals surface area contributed by atoms with E-state index in [1.54, 1.807) is 24.3 Å². The Balaban J connectivity index is 1.91. The van der Waals surface area contributed by atoms with Crippen molar-refractivity contribution in [3.63, 3.8) is 0 Å². The third-order valence-corrected chi connectivity index (χ3v) is 5.56. The number of para-hydroxylation sites is 1. The third kappa shape index (κ3) is 4.37. The molecule has 1 aliphatic rings. The largest absolute Gasteiger partial charge is 0.434 e. The molecular formula is C21H17ClF5N3O. The second-order valence-corrected chi connectivity index (χ2v) is 7.88. The van der Waals surface area contributed by atoms with Crippen molar-refractivity contribution in [1.29, 1.82) is 0 Å². The summed E-state index contributed by atoms with van der Waals surface area (Å²) in [4.78, 5) is 20.7. The maximum Gasteiger partial charge on any atom is 0.434 e. The third-order valence-electron chi connectivity index (χ3n) is 5.27. The Labute approximate surface area is 178 Å². The Bertz CT molecular complexity index is 1190. The lowest BCUT2D eigenvalue weighted by molar-refractivity contribution is -0.141. The predicted molar refractivity (Wildman–Crippen MR) is 109 cm³/mol. The van der Waals surface area contributed by atoms with E-state index < -0.39 is 29.2 Å².